The zero-order valence-electron chi connectivity index (χ0n) is 52.1. The van der Waals surface area contributed by atoms with Gasteiger partial charge in [0, 0.05) is 38.6 Å². The molecule has 0 amide bonds. The predicted molar refractivity (Wildman–Crippen MR) is 364 cm³/mol. The molecule has 0 bridgehead atoms. The minimum atomic E-state index is -0.148. The smallest absolute Gasteiger partial charge is 0.0887 e. The van der Waals surface area contributed by atoms with Crippen LogP contribution in [0.4, 0.5) is 34.1 Å². The third-order valence-electron chi connectivity index (χ3n) is 17.9. The van der Waals surface area contributed by atoms with Crippen LogP contribution in [0.3, 0.4) is 0 Å². The second kappa shape index (κ2) is 19.2. The van der Waals surface area contributed by atoms with Crippen LogP contribution >= 0.6 is 11.6 Å². The van der Waals surface area contributed by atoms with Gasteiger partial charge in [0.05, 0.1) is 55.5 Å². The van der Waals surface area contributed by atoms with E-state index in [2.05, 4.69) is 318 Å². The Morgan fingerprint density at radius 1 is 0.357 bits per heavy atom. The van der Waals surface area contributed by atoms with Crippen LogP contribution in [0, 0.1) is 6.92 Å². The van der Waals surface area contributed by atoms with Crippen LogP contribution in [0.15, 0.2) is 188 Å². The molecule has 0 saturated heterocycles. The zero-order valence-corrected chi connectivity index (χ0v) is 52.8. The molecule has 0 spiro atoms. The number of aryl methyl sites for hydroxylation is 1. The van der Waals surface area contributed by atoms with Crippen LogP contribution in [0.5, 0.6) is 0 Å². The van der Waals surface area contributed by atoms with Crippen LogP contribution in [-0.2, 0) is 27.1 Å². The van der Waals surface area contributed by atoms with Gasteiger partial charge >= 0.3 is 0 Å². The highest BCUT2D eigenvalue weighted by Gasteiger charge is 2.35. The zero-order chi connectivity index (χ0) is 59.3. The van der Waals surface area contributed by atoms with Gasteiger partial charge in [0.25, 0.3) is 0 Å². The lowest BCUT2D eigenvalue weighted by Crippen LogP contribution is -2.22. The first kappa shape index (κ1) is 55.2. The van der Waals surface area contributed by atoms with Crippen molar-refractivity contribution in [1.29, 1.82) is 0 Å². The summed E-state index contributed by atoms with van der Waals surface area (Å²) >= 11 is 8.42. The minimum Gasteiger partial charge on any atom is -0.309 e. The standard InChI is InChI=1S/C79H79ClN4/c1-48-39-70(73(80)71(40-48)83-68-38-32-54(78(11,12)13)45-69(68)84-67-37-31-53(77(8,9)10)43-63(67)64-44-55(79(14,15)16)46-72(83)74(64)84)81(56-33-27-50(28-34-56)60-26-19-22-49-21-17-18-25-59(49)60)57-23-20-24-58(47-57)82-65-35-29-51(75(2,3)4)41-61(65)62-42-52(76(5,6)7)30-36-66(62)82/h17-47H,1-16H3. The number of anilines is 6. The molecular weight excluding hydrogens is 1040 g/mol. The van der Waals surface area contributed by atoms with Crippen molar-refractivity contribution in [3.63, 3.8) is 0 Å². The summed E-state index contributed by atoms with van der Waals surface area (Å²) in [5.41, 5.74) is 22.7. The highest BCUT2D eigenvalue weighted by Crippen LogP contribution is 2.56. The number of rotatable bonds is 6. The van der Waals surface area contributed by atoms with Gasteiger partial charge in [-0.3, -0.25) is 0 Å². The monoisotopic (exact) mass is 1120 g/mol. The van der Waals surface area contributed by atoms with E-state index >= 15 is 0 Å². The Hall–Kier alpha value is -8.05. The lowest BCUT2D eigenvalue weighted by atomic mass is 9.84. The molecule has 84 heavy (non-hydrogen) atoms. The topological polar surface area (TPSA) is 16.3 Å². The number of hydrogen-bond donors (Lipinski definition) is 0. The molecule has 0 saturated carbocycles. The summed E-state index contributed by atoms with van der Waals surface area (Å²) in [5, 5.41) is 8.14. The Morgan fingerprint density at radius 2 is 0.857 bits per heavy atom. The van der Waals surface area contributed by atoms with Gasteiger partial charge in [-0.05, 0) is 192 Å². The molecule has 0 radical (unpaired) electrons. The SMILES string of the molecule is Cc1cc(N(c2ccc(-c3cccc4ccccc34)cc2)c2cccc(-n3c4ccc(C(C)(C)C)cc4c4cc(C(C)(C)C)ccc43)c2)c(Cl)c(N2c3ccc(C(C)(C)C)cc3-n3c4ccc(C(C)(C)C)cc4c4cc(C(C)(C)C)cc2c43)c1. The molecule has 0 aliphatic carbocycles. The maximum absolute atomic E-state index is 8.42. The van der Waals surface area contributed by atoms with Crippen LogP contribution in [-0.4, -0.2) is 9.13 Å². The Labute approximate surface area is 503 Å². The molecule has 4 nitrogen and oxygen atoms in total. The van der Waals surface area contributed by atoms with Crippen molar-refractivity contribution in [2.45, 2.75) is 138 Å². The summed E-state index contributed by atoms with van der Waals surface area (Å²) in [5.74, 6) is 0. The van der Waals surface area contributed by atoms with Gasteiger partial charge < -0.3 is 18.9 Å². The van der Waals surface area contributed by atoms with Crippen molar-refractivity contribution in [1.82, 2.24) is 9.13 Å². The molecule has 0 atom stereocenters. The Morgan fingerprint density at radius 3 is 1.45 bits per heavy atom. The van der Waals surface area contributed by atoms with Gasteiger partial charge in [-0.25, -0.2) is 0 Å². The van der Waals surface area contributed by atoms with Gasteiger partial charge in [-0.2, -0.15) is 0 Å². The summed E-state index contributed by atoms with van der Waals surface area (Å²) in [6, 6.07) is 71.3. The largest absolute Gasteiger partial charge is 0.309 e. The summed E-state index contributed by atoms with van der Waals surface area (Å²) in [7, 11) is 0. The maximum Gasteiger partial charge on any atom is 0.0887 e. The normalized spacial score (nSPS) is 13.3. The molecule has 0 fully saturated rings. The van der Waals surface area contributed by atoms with Crippen molar-refractivity contribution >= 4 is 100 Å². The summed E-state index contributed by atoms with van der Waals surface area (Å²) in [6.07, 6.45) is 0. The quantitative estimate of drug-likeness (QED) is 0.165. The maximum atomic E-state index is 8.42. The first-order valence-electron chi connectivity index (χ1n) is 30.1. The summed E-state index contributed by atoms with van der Waals surface area (Å²) in [6.45, 7) is 36.9. The fourth-order valence-electron chi connectivity index (χ4n) is 13.0. The van der Waals surface area contributed by atoms with Crippen molar-refractivity contribution in [2.24, 2.45) is 0 Å². The first-order chi connectivity index (χ1) is 39.6. The Kier molecular flexibility index (Phi) is 12.6. The molecule has 422 valence electrons. The number of hydrogen-bond acceptors (Lipinski definition) is 2. The van der Waals surface area contributed by atoms with E-state index in [9.17, 15) is 0 Å². The van der Waals surface area contributed by atoms with Gasteiger partial charge in [-0.15, -0.1) is 0 Å². The van der Waals surface area contributed by atoms with Crippen LogP contribution < -0.4 is 9.80 Å². The fourth-order valence-corrected chi connectivity index (χ4v) is 13.2. The Bertz CT molecular complexity index is 4570. The van der Waals surface area contributed by atoms with Crippen molar-refractivity contribution < 1.29 is 0 Å². The van der Waals surface area contributed by atoms with Crippen molar-refractivity contribution in [2.75, 3.05) is 9.80 Å². The molecule has 0 N–H and O–H groups in total. The number of fused-ring (bicyclic) bond motifs is 9. The predicted octanol–water partition coefficient (Wildman–Crippen LogP) is 23.4. The lowest BCUT2D eigenvalue weighted by Gasteiger charge is -2.37. The summed E-state index contributed by atoms with van der Waals surface area (Å²) < 4.78 is 5.01. The molecule has 13 rings (SSSR count). The molecule has 2 aromatic heterocycles. The van der Waals surface area contributed by atoms with E-state index in [1.165, 1.54) is 87.8 Å². The molecular formula is C79H79ClN4. The van der Waals surface area contributed by atoms with Crippen molar-refractivity contribution in [3.05, 3.63) is 226 Å². The number of aromatic nitrogens is 2. The van der Waals surface area contributed by atoms with Crippen molar-refractivity contribution in [3.8, 4) is 22.5 Å². The minimum absolute atomic E-state index is 0.0125. The number of benzene rings is 10. The third-order valence-corrected chi connectivity index (χ3v) is 18.3. The van der Waals surface area contributed by atoms with E-state index < -0.39 is 0 Å². The Balaban J connectivity index is 1.07. The van der Waals surface area contributed by atoms with E-state index in [-0.39, 0.29) is 27.1 Å². The van der Waals surface area contributed by atoms with E-state index in [0.717, 1.165) is 56.6 Å². The highest BCUT2D eigenvalue weighted by molar-refractivity contribution is 6.37. The van der Waals surface area contributed by atoms with E-state index in [0.29, 0.717) is 5.02 Å². The average Bonchev–Trinajstić information content (AvgIpc) is 1.53. The van der Waals surface area contributed by atoms with Gasteiger partial charge in [0.1, 0.15) is 0 Å². The summed E-state index contributed by atoms with van der Waals surface area (Å²) in [4.78, 5) is 4.87. The highest BCUT2D eigenvalue weighted by atomic mass is 35.5. The fraction of sp³-hybridized carbons (Fsp3) is 0.266. The lowest BCUT2D eigenvalue weighted by molar-refractivity contribution is 0.589. The molecule has 3 heterocycles. The molecule has 12 aromatic rings. The molecule has 5 heteroatoms. The van der Waals surface area contributed by atoms with E-state index in [4.69, 9.17) is 11.6 Å². The second-order valence-electron chi connectivity index (χ2n) is 29.1. The van der Waals surface area contributed by atoms with Crippen LogP contribution in [0.1, 0.15) is 137 Å². The molecule has 1 aliphatic heterocycles. The van der Waals surface area contributed by atoms with E-state index in [1.54, 1.807) is 0 Å². The first-order valence-corrected chi connectivity index (χ1v) is 30.5. The van der Waals surface area contributed by atoms with Gasteiger partial charge in [0.15, 0.2) is 0 Å². The van der Waals surface area contributed by atoms with Gasteiger partial charge in [-0.1, -0.05) is 200 Å². The number of nitrogens with zero attached hydrogens (tertiary/aromatic N) is 4. The molecule has 0 unspecified atom stereocenters. The van der Waals surface area contributed by atoms with Crippen LogP contribution in [0.25, 0.3) is 76.9 Å². The second-order valence-corrected chi connectivity index (χ2v) is 29.5. The average molecular weight is 1120 g/mol. The van der Waals surface area contributed by atoms with Crippen LogP contribution in [0.2, 0.25) is 5.02 Å². The van der Waals surface area contributed by atoms with E-state index in [1.807, 2.05) is 0 Å². The molecule has 10 aromatic carbocycles. The van der Waals surface area contributed by atoms with Gasteiger partial charge in [0.2, 0.25) is 0 Å². The third kappa shape index (κ3) is 9.19. The molecule has 1 aliphatic rings. The number of halogens is 1.